The van der Waals surface area contributed by atoms with Gasteiger partial charge < -0.3 is 0 Å². The fourth-order valence-electron chi connectivity index (χ4n) is 1.15. The molecule has 68 valence electrons. The summed E-state index contributed by atoms with van der Waals surface area (Å²) in [5.74, 6) is 0. The van der Waals surface area contributed by atoms with Gasteiger partial charge in [-0.1, -0.05) is 0 Å². The minimum Gasteiger partial charge on any atom is -0.267 e. The molecular weight excluding hydrogens is 246 g/mol. The lowest BCUT2D eigenvalue weighted by Crippen LogP contribution is -2.17. The smallest absolute Gasteiger partial charge is 0.267 e. The molecule has 0 saturated carbocycles. The first kappa shape index (κ1) is 8.91. The van der Waals surface area contributed by atoms with Gasteiger partial charge in [0.25, 0.3) is 5.56 Å². The van der Waals surface area contributed by atoms with Crippen LogP contribution in [-0.2, 0) is 0 Å². The third-order valence-corrected chi connectivity index (χ3v) is 2.42. The summed E-state index contributed by atoms with van der Waals surface area (Å²) in [6.45, 7) is 0. The van der Waals surface area contributed by atoms with E-state index in [4.69, 9.17) is 5.26 Å². The Morgan fingerprint density at radius 3 is 3.07 bits per heavy atom. The van der Waals surface area contributed by atoms with Crippen LogP contribution >= 0.6 is 15.9 Å². The minimum absolute atomic E-state index is 0.0422. The van der Waals surface area contributed by atoms with E-state index in [1.807, 2.05) is 0 Å². The van der Waals surface area contributed by atoms with Crippen molar-refractivity contribution in [3.8, 4) is 6.07 Å². The largest absolute Gasteiger partial charge is 0.275 e. The van der Waals surface area contributed by atoms with E-state index in [9.17, 15) is 4.79 Å². The van der Waals surface area contributed by atoms with E-state index >= 15 is 0 Å². The molecular formula is C9H4BrN3O. The van der Waals surface area contributed by atoms with Crippen molar-refractivity contribution in [1.29, 1.82) is 5.26 Å². The summed E-state index contributed by atoms with van der Waals surface area (Å²) in [5, 5.41) is 8.63. The third kappa shape index (κ3) is 1.20. The highest BCUT2D eigenvalue weighted by Gasteiger charge is 2.04. The van der Waals surface area contributed by atoms with Gasteiger partial charge in [0.05, 0.1) is 10.7 Å². The van der Waals surface area contributed by atoms with Gasteiger partial charge in [-0.25, -0.2) is 4.98 Å². The highest BCUT2D eigenvalue weighted by molar-refractivity contribution is 9.10. The van der Waals surface area contributed by atoms with Crippen LogP contribution in [0.5, 0.6) is 0 Å². The van der Waals surface area contributed by atoms with Crippen LogP contribution in [-0.4, -0.2) is 9.38 Å². The van der Waals surface area contributed by atoms with Gasteiger partial charge in [-0.2, -0.15) is 5.26 Å². The van der Waals surface area contributed by atoms with Crippen molar-refractivity contribution >= 4 is 21.6 Å². The van der Waals surface area contributed by atoms with Gasteiger partial charge in [-0.05, 0) is 28.1 Å². The average molecular weight is 250 g/mol. The summed E-state index contributed by atoms with van der Waals surface area (Å²) in [6, 6.07) is 5.29. The standard InChI is InChI=1S/C9H4BrN3O/c10-7-2-1-3-13-8(7)12-5-6(4-11)9(13)14/h1-3,5H. The van der Waals surface area contributed by atoms with Crippen LogP contribution in [0.25, 0.3) is 5.65 Å². The zero-order chi connectivity index (χ0) is 10.1. The van der Waals surface area contributed by atoms with Crippen molar-refractivity contribution in [2.24, 2.45) is 0 Å². The zero-order valence-corrected chi connectivity index (χ0v) is 8.52. The van der Waals surface area contributed by atoms with E-state index in [-0.39, 0.29) is 11.1 Å². The number of aromatic nitrogens is 2. The predicted molar refractivity (Wildman–Crippen MR) is 53.9 cm³/mol. The zero-order valence-electron chi connectivity index (χ0n) is 6.94. The van der Waals surface area contributed by atoms with E-state index in [0.717, 1.165) is 4.47 Å². The van der Waals surface area contributed by atoms with E-state index in [1.54, 1.807) is 24.4 Å². The van der Waals surface area contributed by atoms with Crippen LogP contribution < -0.4 is 5.56 Å². The van der Waals surface area contributed by atoms with Gasteiger partial charge in [0, 0.05) is 6.20 Å². The number of rotatable bonds is 0. The number of pyridine rings is 1. The molecule has 0 amide bonds. The van der Waals surface area contributed by atoms with Crippen molar-refractivity contribution in [2.45, 2.75) is 0 Å². The number of nitriles is 1. The summed E-state index contributed by atoms with van der Waals surface area (Å²) in [6.07, 6.45) is 2.86. The first-order valence-electron chi connectivity index (χ1n) is 3.80. The van der Waals surface area contributed by atoms with E-state index < -0.39 is 0 Å². The van der Waals surface area contributed by atoms with Gasteiger partial charge in [0.1, 0.15) is 11.6 Å². The monoisotopic (exact) mass is 249 g/mol. The minimum atomic E-state index is -0.348. The summed E-state index contributed by atoms with van der Waals surface area (Å²) in [4.78, 5) is 15.6. The molecule has 14 heavy (non-hydrogen) atoms. The summed E-state index contributed by atoms with van der Waals surface area (Å²) in [5.41, 5.74) is 0.205. The molecule has 0 N–H and O–H groups in total. The molecule has 0 aliphatic heterocycles. The Morgan fingerprint density at radius 2 is 2.36 bits per heavy atom. The summed E-state index contributed by atoms with van der Waals surface area (Å²) in [7, 11) is 0. The second-order valence-corrected chi connectivity index (χ2v) is 3.49. The van der Waals surface area contributed by atoms with E-state index in [1.165, 1.54) is 10.6 Å². The molecule has 0 radical (unpaired) electrons. The quantitative estimate of drug-likeness (QED) is 0.708. The highest BCUT2D eigenvalue weighted by Crippen LogP contribution is 2.13. The topological polar surface area (TPSA) is 58.2 Å². The molecule has 0 unspecified atom stereocenters. The maximum atomic E-state index is 11.6. The molecule has 4 nitrogen and oxygen atoms in total. The van der Waals surface area contributed by atoms with Crippen LogP contribution in [0.15, 0.2) is 33.8 Å². The lowest BCUT2D eigenvalue weighted by molar-refractivity contribution is 1.03. The molecule has 0 saturated heterocycles. The normalized spacial score (nSPS) is 10.0. The molecule has 0 bridgehead atoms. The second-order valence-electron chi connectivity index (χ2n) is 2.64. The van der Waals surface area contributed by atoms with Crippen molar-refractivity contribution in [1.82, 2.24) is 9.38 Å². The summed E-state index contributed by atoms with van der Waals surface area (Å²) < 4.78 is 2.06. The van der Waals surface area contributed by atoms with Crippen molar-refractivity contribution in [3.05, 3.63) is 44.9 Å². The molecule has 0 aliphatic rings. The van der Waals surface area contributed by atoms with Gasteiger partial charge in [-0.3, -0.25) is 9.20 Å². The van der Waals surface area contributed by atoms with Gasteiger partial charge in [-0.15, -0.1) is 0 Å². The molecule has 2 aromatic rings. The number of nitrogens with zero attached hydrogens (tertiary/aromatic N) is 3. The first-order valence-corrected chi connectivity index (χ1v) is 4.59. The fourth-order valence-corrected chi connectivity index (χ4v) is 1.59. The third-order valence-electron chi connectivity index (χ3n) is 1.81. The highest BCUT2D eigenvalue weighted by atomic mass is 79.9. The number of hydrogen-bond acceptors (Lipinski definition) is 3. The van der Waals surface area contributed by atoms with Crippen molar-refractivity contribution < 1.29 is 0 Å². The van der Waals surface area contributed by atoms with Crippen molar-refractivity contribution in [3.63, 3.8) is 0 Å². The van der Waals surface area contributed by atoms with Crippen LogP contribution in [0.4, 0.5) is 0 Å². The Labute approximate surface area is 87.6 Å². The SMILES string of the molecule is N#Cc1cnc2c(Br)cccn2c1=O. The van der Waals surface area contributed by atoms with Gasteiger partial charge in [0.2, 0.25) is 0 Å². The second kappa shape index (κ2) is 3.24. The number of fused-ring (bicyclic) bond motifs is 1. The Kier molecular flexibility index (Phi) is 2.06. The lowest BCUT2D eigenvalue weighted by Gasteiger charge is -2.00. The van der Waals surface area contributed by atoms with Crippen LogP contribution in [0.2, 0.25) is 0 Å². The maximum Gasteiger partial charge on any atom is 0.275 e. The summed E-state index contributed by atoms with van der Waals surface area (Å²) >= 11 is 3.27. The Balaban J connectivity index is 3.00. The Hall–Kier alpha value is -1.67. The lowest BCUT2D eigenvalue weighted by atomic mass is 10.3. The van der Waals surface area contributed by atoms with Crippen LogP contribution in [0, 0.1) is 11.3 Å². The molecule has 2 aromatic heterocycles. The van der Waals surface area contributed by atoms with Crippen molar-refractivity contribution in [2.75, 3.05) is 0 Å². The molecule has 0 aliphatic carbocycles. The van der Waals surface area contributed by atoms with E-state index in [2.05, 4.69) is 20.9 Å². The van der Waals surface area contributed by atoms with Crippen LogP contribution in [0.1, 0.15) is 5.56 Å². The molecule has 0 atom stereocenters. The molecule has 5 heteroatoms. The average Bonchev–Trinajstić information content (AvgIpc) is 2.20. The van der Waals surface area contributed by atoms with Gasteiger partial charge in [0.15, 0.2) is 5.65 Å². The Bertz CT molecular complexity index is 597. The molecule has 2 heterocycles. The van der Waals surface area contributed by atoms with E-state index in [0.29, 0.717) is 5.65 Å². The molecule has 2 rings (SSSR count). The maximum absolute atomic E-state index is 11.6. The predicted octanol–water partition coefficient (Wildman–Crippen LogP) is 1.33. The fraction of sp³-hybridized carbons (Fsp3) is 0. The molecule has 0 spiro atoms. The number of halogens is 1. The Morgan fingerprint density at radius 1 is 1.57 bits per heavy atom. The van der Waals surface area contributed by atoms with Crippen LogP contribution in [0.3, 0.4) is 0 Å². The van der Waals surface area contributed by atoms with Gasteiger partial charge >= 0.3 is 0 Å². The number of hydrogen-bond donors (Lipinski definition) is 0. The molecule has 0 aromatic carbocycles. The first-order chi connectivity index (χ1) is 6.74. The molecule has 0 fully saturated rings.